The molecule has 1 aliphatic heterocycles. The lowest BCUT2D eigenvalue weighted by Gasteiger charge is -2.39. The van der Waals surface area contributed by atoms with Crippen molar-refractivity contribution < 1.29 is 19.1 Å². The second kappa shape index (κ2) is 7.04. The molecule has 0 saturated heterocycles. The Balaban J connectivity index is 1.76. The van der Waals surface area contributed by atoms with Crippen LogP contribution in [0.25, 0.3) is 0 Å². The lowest BCUT2D eigenvalue weighted by atomic mass is 9.69. The Morgan fingerprint density at radius 2 is 1.81 bits per heavy atom. The fraction of sp³-hybridized carbons (Fsp3) is 0.423. The van der Waals surface area contributed by atoms with E-state index in [1.54, 1.807) is 7.11 Å². The van der Waals surface area contributed by atoms with Crippen LogP contribution in [0.15, 0.2) is 35.6 Å². The summed E-state index contributed by atoms with van der Waals surface area (Å²) in [7, 11) is 1.64. The minimum absolute atomic E-state index is 0.112. The SMILES string of the molecule is COc1ccc(C2C3=C(CC(C)(C)CC3=O)Oc3nc4c(c(C)c32)C(=O)CCC4)cc1. The summed E-state index contributed by atoms with van der Waals surface area (Å²) in [6.45, 7) is 6.17. The van der Waals surface area contributed by atoms with Gasteiger partial charge >= 0.3 is 0 Å². The van der Waals surface area contributed by atoms with Crippen LogP contribution in [-0.4, -0.2) is 23.7 Å². The maximum atomic E-state index is 13.4. The lowest BCUT2D eigenvalue weighted by molar-refractivity contribution is -0.118. The number of rotatable bonds is 2. The van der Waals surface area contributed by atoms with E-state index in [4.69, 9.17) is 14.5 Å². The van der Waals surface area contributed by atoms with Crippen molar-refractivity contribution in [1.29, 1.82) is 0 Å². The summed E-state index contributed by atoms with van der Waals surface area (Å²) in [6, 6.07) is 7.82. The van der Waals surface area contributed by atoms with E-state index >= 15 is 0 Å². The smallest absolute Gasteiger partial charge is 0.223 e. The van der Waals surface area contributed by atoms with Gasteiger partial charge in [0.25, 0.3) is 0 Å². The number of aryl methyl sites for hydroxylation is 1. The number of carbonyl (C=O) groups is 2. The molecule has 0 saturated carbocycles. The summed E-state index contributed by atoms with van der Waals surface area (Å²) in [5, 5.41) is 0. The largest absolute Gasteiger partial charge is 0.497 e. The molecule has 2 heterocycles. The first-order valence-electron chi connectivity index (χ1n) is 10.9. The highest BCUT2D eigenvalue weighted by Gasteiger charge is 2.44. The number of pyridine rings is 1. The topological polar surface area (TPSA) is 65.5 Å². The van der Waals surface area contributed by atoms with Crippen molar-refractivity contribution in [2.75, 3.05) is 7.11 Å². The Morgan fingerprint density at radius 1 is 1.06 bits per heavy atom. The maximum absolute atomic E-state index is 13.4. The molecule has 2 aromatic rings. The van der Waals surface area contributed by atoms with Gasteiger partial charge in [0.15, 0.2) is 11.6 Å². The molecule has 1 unspecified atom stereocenters. The minimum Gasteiger partial charge on any atom is -0.497 e. The van der Waals surface area contributed by atoms with Crippen LogP contribution in [0.4, 0.5) is 0 Å². The second-order valence-electron chi connectivity index (χ2n) is 9.64. The minimum atomic E-state index is -0.291. The number of methoxy groups -OCH3 is 1. The lowest BCUT2D eigenvalue weighted by Crippen LogP contribution is -2.34. The Kier molecular flexibility index (Phi) is 4.54. The van der Waals surface area contributed by atoms with Crippen LogP contribution >= 0.6 is 0 Å². The Labute approximate surface area is 182 Å². The number of benzene rings is 1. The number of aromatic nitrogens is 1. The summed E-state index contributed by atoms with van der Waals surface area (Å²) in [6.07, 6.45) is 3.31. The highest BCUT2D eigenvalue weighted by Crippen LogP contribution is 2.51. The van der Waals surface area contributed by atoms with Crippen molar-refractivity contribution in [2.24, 2.45) is 5.41 Å². The molecule has 2 aliphatic carbocycles. The molecular formula is C26H27NO4. The van der Waals surface area contributed by atoms with Crippen molar-refractivity contribution in [3.63, 3.8) is 0 Å². The average molecular weight is 418 g/mol. The first-order chi connectivity index (χ1) is 14.8. The molecule has 1 atom stereocenters. The van der Waals surface area contributed by atoms with Crippen molar-refractivity contribution in [3.8, 4) is 11.6 Å². The van der Waals surface area contributed by atoms with Crippen molar-refractivity contribution >= 4 is 11.6 Å². The van der Waals surface area contributed by atoms with Gasteiger partial charge in [0, 0.05) is 41.9 Å². The van der Waals surface area contributed by atoms with E-state index in [-0.39, 0.29) is 22.9 Å². The molecule has 5 heteroatoms. The van der Waals surface area contributed by atoms with Gasteiger partial charge in [-0.15, -0.1) is 0 Å². The number of nitrogens with zero attached hydrogens (tertiary/aromatic N) is 1. The third-order valence-corrected chi connectivity index (χ3v) is 6.76. The van der Waals surface area contributed by atoms with Gasteiger partial charge in [-0.1, -0.05) is 26.0 Å². The first kappa shape index (κ1) is 20.0. The zero-order chi connectivity index (χ0) is 21.9. The van der Waals surface area contributed by atoms with E-state index in [9.17, 15) is 9.59 Å². The number of hydrogen-bond donors (Lipinski definition) is 0. The molecule has 5 nitrogen and oxygen atoms in total. The molecule has 31 heavy (non-hydrogen) atoms. The third-order valence-electron chi connectivity index (χ3n) is 6.76. The number of allylic oxidation sites excluding steroid dienone is 2. The molecule has 160 valence electrons. The van der Waals surface area contributed by atoms with Gasteiger partial charge in [0.1, 0.15) is 11.5 Å². The van der Waals surface area contributed by atoms with Gasteiger partial charge in [-0.2, -0.15) is 0 Å². The number of fused-ring (bicyclic) bond motifs is 2. The maximum Gasteiger partial charge on any atom is 0.223 e. The van der Waals surface area contributed by atoms with E-state index in [2.05, 4.69) is 13.8 Å². The Bertz CT molecular complexity index is 1140. The number of ketones is 2. The van der Waals surface area contributed by atoms with Gasteiger partial charge < -0.3 is 9.47 Å². The number of carbonyl (C=O) groups excluding carboxylic acids is 2. The molecule has 0 fully saturated rings. The van der Waals surface area contributed by atoms with Crippen LogP contribution in [-0.2, 0) is 11.2 Å². The fourth-order valence-corrected chi connectivity index (χ4v) is 5.34. The molecule has 0 N–H and O–H groups in total. The standard InChI is InChI=1S/C26H27NO4/c1-14-21-17(6-5-7-18(21)28)27-25-22(14)23(15-8-10-16(30-4)11-9-15)24-19(29)12-26(2,3)13-20(24)31-25/h8-11,23H,5-7,12-13H2,1-4H3. The Hall–Kier alpha value is -2.95. The average Bonchev–Trinajstić information content (AvgIpc) is 2.71. The van der Waals surface area contributed by atoms with Gasteiger partial charge in [-0.3, -0.25) is 9.59 Å². The highest BCUT2D eigenvalue weighted by atomic mass is 16.5. The van der Waals surface area contributed by atoms with Crippen LogP contribution in [0.3, 0.4) is 0 Å². The van der Waals surface area contributed by atoms with Crippen LogP contribution in [0.2, 0.25) is 0 Å². The van der Waals surface area contributed by atoms with E-state index in [1.165, 1.54) is 0 Å². The van der Waals surface area contributed by atoms with Crippen LogP contribution in [0.1, 0.15) is 78.2 Å². The van der Waals surface area contributed by atoms with Crippen LogP contribution in [0.5, 0.6) is 11.6 Å². The van der Waals surface area contributed by atoms with Crippen molar-refractivity contribution in [1.82, 2.24) is 4.98 Å². The van der Waals surface area contributed by atoms with Gasteiger partial charge in [-0.25, -0.2) is 4.98 Å². The van der Waals surface area contributed by atoms with Gasteiger partial charge in [0.05, 0.1) is 12.8 Å². The zero-order valence-electron chi connectivity index (χ0n) is 18.5. The Morgan fingerprint density at radius 3 is 2.52 bits per heavy atom. The number of hydrogen-bond acceptors (Lipinski definition) is 5. The highest BCUT2D eigenvalue weighted by molar-refractivity contribution is 6.02. The van der Waals surface area contributed by atoms with Crippen molar-refractivity contribution in [2.45, 2.75) is 58.8 Å². The quantitative estimate of drug-likeness (QED) is 0.681. The number of ether oxygens (including phenoxy) is 2. The predicted molar refractivity (Wildman–Crippen MR) is 117 cm³/mol. The van der Waals surface area contributed by atoms with Gasteiger partial charge in [0.2, 0.25) is 5.88 Å². The monoisotopic (exact) mass is 417 g/mol. The molecule has 0 radical (unpaired) electrons. The molecule has 1 aromatic carbocycles. The summed E-state index contributed by atoms with van der Waals surface area (Å²) >= 11 is 0. The summed E-state index contributed by atoms with van der Waals surface area (Å²) in [5.74, 6) is 2.00. The molecule has 5 rings (SSSR count). The summed E-state index contributed by atoms with van der Waals surface area (Å²) < 4.78 is 11.7. The predicted octanol–water partition coefficient (Wildman–Crippen LogP) is 5.09. The van der Waals surface area contributed by atoms with E-state index in [0.717, 1.165) is 52.3 Å². The first-order valence-corrected chi connectivity index (χ1v) is 10.9. The van der Waals surface area contributed by atoms with E-state index in [1.807, 2.05) is 31.2 Å². The second-order valence-corrected chi connectivity index (χ2v) is 9.64. The van der Waals surface area contributed by atoms with Crippen molar-refractivity contribution in [3.05, 3.63) is 63.5 Å². The fourth-order valence-electron chi connectivity index (χ4n) is 5.34. The molecule has 0 bridgehead atoms. The molecular weight excluding hydrogens is 390 g/mol. The van der Waals surface area contributed by atoms with E-state index < -0.39 is 0 Å². The summed E-state index contributed by atoms with van der Waals surface area (Å²) in [5.41, 5.74) is 4.84. The molecule has 1 aromatic heterocycles. The molecule has 0 amide bonds. The van der Waals surface area contributed by atoms with Crippen LogP contribution in [0, 0.1) is 12.3 Å². The molecule has 0 spiro atoms. The normalized spacial score (nSPS) is 21.7. The summed E-state index contributed by atoms with van der Waals surface area (Å²) in [4.78, 5) is 31.0. The number of Topliss-reactive ketones (excluding diaryl/α,β-unsaturated/α-hetero) is 2. The third kappa shape index (κ3) is 3.18. The zero-order valence-corrected chi connectivity index (χ0v) is 18.5. The van der Waals surface area contributed by atoms with Crippen LogP contribution < -0.4 is 9.47 Å². The van der Waals surface area contributed by atoms with Gasteiger partial charge in [-0.05, 0) is 48.4 Å². The van der Waals surface area contributed by atoms with E-state index in [0.29, 0.717) is 30.7 Å². The molecule has 3 aliphatic rings.